The van der Waals surface area contributed by atoms with Crippen LogP contribution in [0.4, 0.5) is 0 Å². The van der Waals surface area contributed by atoms with Gasteiger partial charge in [0.1, 0.15) is 0 Å². The van der Waals surface area contributed by atoms with Crippen LogP contribution < -0.4 is 0 Å². The van der Waals surface area contributed by atoms with Crippen molar-refractivity contribution in [3.05, 3.63) is 12.7 Å². The smallest absolute Gasteiger partial charge is 0.0771 e. The van der Waals surface area contributed by atoms with E-state index in [0.29, 0.717) is 0 Å². The molecule has 0 aliphatic heterocycles. The molecule has 0 radical (unpaired) electrons. The molecular formula is C15H33BrP+. The molecule has 0 fully saturated rings. The monoisotopic (exact) mass is 323 g/mol. The van der Waals surface area contributed by atoms with Crippen LogP contribution in [0.1, 0.15) is 59.3 Å². The van der Waals surface area contributed by atoms with Crippen LogP contribution in [-0.2, 0) is 0 Å². The molecule has 0 aromatic rings. The van der Waals surface area contributed by atoms with Crippen molar-refractivity contribution in [2.75, 3.05) is 24.6 Å². The quantitative estimate of drug-likeness (QED) is 0.315. The first-order valence-corrected chi connectivity index (χ1v) is 9.73. The van der Waals surface area contributed by atoms with E-state index < -0.39 is 7.26 Å². The Morgan fingerprint density at radius 3 is 1.41 bits per heavy atom. The molecule has 0 aliphatic rings. The fourth-order valence-electron chi connectivity index (χ4n) is 2.36. The lowest BCUT2D eigenvalue weighted by atomic mass is 10.4. The Morgan fingerprint density at radius 2 is 1.18 bits per heavy atom. The lowest BCUT2D eigenvalue weighted by Gasteiger charge is -2.26. The van der Waals surface area contributed by atoms with E-state index in [-0.39, 0.29) is 17.0 Å². The van der Waals surface area contributed by atoms with Crippen LogP contribution in [-0.4, -0.2) is 24.6 Å². The second kappa shape index (κ2) is 13.1. The van der Waals surface area contributed by atoms with E-state index in [1.54, 1.807) is 0 Å². The Bertz CT molecular complexity index is 147. The van der Waals surface area contributed by atoms with Crippen LogP contribution in [0.25, 0.3) is 0 Å². The molecule has 0 unspecified atom stereocenters. The summed E-state index contributed by atoms with van der Waals surface area (Å²) in [4.78, 5) is 0. The van der Waals surface area contributed by atoms with Crippen molar-refractivity contribution in [3.8, 4) is 0 Å². The van der Waals surface area contributed by atoms with Gasteiger partial charge >= 0.3 is 0 Å². The van der Waals surface area contributed by atoms with E-state index in [9.17, 15) is 0 Å². The molecule has 104 valence electrons. The second-order valence-electron chi connectivity index (χ2n) is 5.04. The first kappa shape index (κ1) is 20.0. The number of rotatable bonds is 11. The normalized spacial score (nSPS) is 11.0. The molecule has 0 aromatic carbocycles. The number of allylic oxidation sites excluding steroid dienone is 1. The van der Waals surface area contributed by atoms with Crippen LogP contribution in [0, 0.1) is 0 Å². The number of halogens is 1. The van der Waals surface area contributed by atoms with Crippen LogP contribution in [0.5, 0.6) is 0 Å². The summed E-state index contributed by atoms with van der Waals surface area (Å²) in [5.74, 6) is 0. The highest BCUT2D eigenvalue weighted by Gasteiger charge is 2.33. The Balaban J connectivity index is 0. The largest absolute Gasteiger partial charge is 0.114 e. The van der Waals surface area contributed by atoms with Crippen molar-refractivity contribution >= 4 is 24.2 Å². The zero-order chi connectivity index (χ0) is 12.3. The second-order valence-corrected chi connectivity index (χ2v) is 9.43. The minimum atomic E-state index is -0.664. The predicted octanol–water partition coefficient (Wildman–Crippen LogP) is 6.17. The van der Waals surface area contributed by atoms with Crippen LogP contribution >= 0.6 is 24.2 Å². The predicted molar refractivity (Wildman–Crippen MR) is 91.6 cm³/mol. The van der Waals surface area contributed by atoms with Crippen LogP contribution in [0.2, 0.25) is 0 Å². The van der Waals surface area contributed by atoms with Gasteiger partial charge in [0.05, 0.1) is 24.6 Å². The van der Waals surface area contributed by atoms with E-state index in [0.717, 1.165) is 0 Å². The van der Waals surface area contributed by atoms with Gasteiger partial charge < -0.3 is 0 Å². The summed E-state index contributed by atoms with van der Waals surface area (Å²) in [6.45, 7) is 11.0. The fourth-order valence-corrected chi connectivity index (χ4v) is 7.09. The zero-order valence-corrected chi connectivity index (χ0v) is 14.8. The maximum Gasteiger partial charge on any atom is 0.0771 e. The summed E-state index contributed by atoms with van der Waals surface area (Å²) in [6, 6.07) is 0. The van der Waals surface area contributed by atoms with E-state index in [1.807, 2.05) is 0 Å². The average Bonchev–Trinajstić information content (AvgIpc) is 2.31. The van der Waals surface area contributed by atoms with Gasteiger partial charge in [0.15, 0.2) is 0 Å². The highest BCUT2D eigenvalue weighted by Crippen LogP contribution is 2.60. The Morgan fingerprint density at radius 1 is 0.824 bits per heavy atom. The molecule has 0 nitrogen and oxygen atoms in total. The van der Waals surface area contributed by atoms with Gasteiger partial charge in [0, 0.05) is 7.26 Å². The molecule has 0 aliphatic carbocycles. The van der Waals surface area contributed by atoms with Gasteiger partial charge in [0.25, 0.3) is 0 Å². The number of hydrogen-bond donors (Lipinski definition) is 0. The SMILES string of the molecule is Br.C=CC[P+](CCCC)(CCCC)CCCC. The molecular weight excluding hydrogens is 291 g/mol. The molecule has 2 heteroatoms. The maximum atomic E-state index is 4.00. The molecule has 0 spiro atoms. The standard InChI is InChI=1S/C15H32P.BrH/c1-5-9-13-16(12-8-4,14-10-6-2)15-11-7-3;/h8H,4-7,9-15H2,1-3H3;1H/q+1;. The maximum absolute atomic E-state index is 4.00. The van der Waals surface area contributed by atoms with Gasteiger partial charge in [-0.1, -0.05) is 52.7 Å². The summed E-state index contributed by atoms with van der Waals surface area (Å²) in [5, 5.41) is 0. The lowest BCUT2D eigenvalue weighted by molar-refractivity contribution is 0.836. The van der Waals surface area contributed by atoms with Gasteiger partial charge in [0.2, 0.25) is 0 Å². The average molecular weight is 324 g/mol. The van der Waals surface area contributed by atoms with Crippen molar-refractivity contribution in [1.29, 1.82) is 0 Å². The third-order valence-corrected chi connectivity index (χ3v) is 8.30. The molecule has 17 heavy (non-hydrogen) atoms. The van der Waals surface area contributed by atoms with Gasteiger partial charge in [-0.25, -0.2) is 0 Å². The highest BCUT2D eigenvalue weighted by molar-refractivity contribution is 8.93. The number of unbranched alkanes of at least 4 members (excludes halogenated alkanes) is 3. The number of hydrogen-bond acceptors (Lipinski definition) is 0. The van der Waals surface area contributed by atoms with E-state index in [1.165, 1.54) is 63.2 Å². The third-order valence-electron chi connectivity index (χ3n) is 3.47. The summed E-state index contributed by atoms with van der Waals surface area (Å²) in [7, 11) is -0.664. The Hall–Kier alpha value is 0.650. The minimum absolute atomic E-state index is 0. The Labute approximate surface area is 121 Å². The summed E-state index contributed by atoms with van der Waals surface area (Å²) in [6.07, 6.45) is 16.5. The van der Waals surface area contributed by atoms with Crippen molar-refractivity contribution in [1.82, 2.24) is 0 Å². The molecule has 0 atom stereocenters. The lowest BCUT2D eigenvalue weighted by Crippen LogP contribution is -2.11. The molecule has 0 aromatic heterocycles. The van der Waals surface area contributed by atoms with E-state index in [4.69, 9.17) is 0 Å². The van der Waals surface area contributed by atoms with Crippen molar-refractivity contribution in [3.63, 3.8) is 0 Å². The zero-order valence-electron chi connectivity index (χ0n) is 12.2. The summed E-state index contributed by atoms with van der Waals surface area (Å²) >= 11 is 0. The van der Waals surface area contributed by atoms with Crippen LogP contribution in [0.3, 0.4) is 0 Å². The van der Waals surface area contributed by atoms with Gasteiger partial charge in [-0.05, 0) is 19.3 Å². The van der Waals surface area contributed by atoms with Gasteiger partial charge in [-0.2, -0.15) is 0 Å². The van der Waals surface area contributed by atoms with Crippen molar-refractivity contribution in [2.45, 2.75) is 59.3 Å². The first-order valence-electron chi connectivity index (χ1n) is 7.20. The van der Waals surface area contributed by atoms with Crippen molar-refractivity contribution in [2.24, 2.45) is 0 Å². The first-order chi connectivity index (χ1) is 7.74. The minimum Gasteiger partial charge on any atom is -0.114 e. The molecule has 0 rings (SSSR count). The highest BCUT2D eigenvalue weighted by atomic mass is 79.9. The summed E-state index contributed by atoms with van der Waals surface area (Å²) in [5.41, 5.74) is 0. The molecule has 0 bridgehead atoms. The van der Waals surface area contributed by atoms with Gasteiger partial charge in [-0.3, -0.25) is 0 Å². The van der Waals surface area contributed by atoms with Crippen molar-refractivity contribution < 1.29 is 0 Å². The summed E-state index contributed by atoms with van der Waals surface area (Å²) < 4.78 is 0. The molecule has 0 heterocycles. The molecule has 0 saturated carbocycles. The molecule has 0 N–H and O–H groups in total. The van der Waals surface area contributed by atoms with E-state index in [2.05, 4.69) is 33.4 Å². The topological polar surface area (TPSA) is 0 Å². The van der Waals surface area contributed by atoms with Crippen LogP contribution in [0.15, 0.2) is 12.7 Å². The third kappa shape index (κ3) is 9.25. The van der Waals surface area contributed by atoms with Gasteiger partial charge in [-0.15, -0.1) is 17.0 Å². The van der Waals surface area contributed by atoms with E-state index >= 15 is 0 Å². The molecule has 0 amide bonds. The molecule has 0 saturated heterocycles. The fraction of sp³-hybridized carbons (Fsp3) is 0.867. The Kier molecular flexibility index (Phi) is 15.4.